The van der Waals surface area contributed by atoms with Crippen molar-refractivity contribution in [3.63, 3.8) is 0 Å². The van der Waals surface area contributed by atoms with Crippen LogP contribution in [0, 0.1) is 5.92 Å². The van der Waals surface area contributed by atoms with Crippen LogP contribution in [0.4, 0.5) is 13.2 Å². The van der Waals surface area contributed by atoms with E-state index in [4.69, 9.17) is 22.1 Å². The number of alkyl halides is 3. The zero-order valence-corrected chi connectivity index (χ0v) is 12.6. The van der Waals surface area contributed by atoms with E-state index in [2.05, 4.69) is 0 Å². The lowest BCUT2D eigenvalue weighted by Crippen LogP contribution is -2.49. The van der Waals surface area contributed by atoms with Crippen LogP contribution < -0.4 is 10.5 Å². The lowest BCUT2D eigenvalue weighted by Gasteiger charge is -2.39. The van der Waals surface area contributed by atoms with E-state index in [1.807, 2.05) is 0 Å². The Labute approximate surface area is 127 Å². The summed E-state index contributed by atoms with van der Waals surface area (Å²) in [4.78, 5) is 0. The van der Waals surface area contributed by atoms with Gasteiger partial charge in [-0.1, -0.05) is 18.0 Å². The molecule has 0 aromatic heterocycles. The minimum Gasteiger partial charge on any atom is -0.496 e. The number of halogens is 4. The van der Waals surface area contributed by atoms with Gasteiger partial charge in [0.2, 0.25) is 0 Å². The third-order valence-electron chi connectivity index (χ3n) is 4.13. The second kappa shape index (κ2) is 6.05. The highest BCUT2D eigenvalue weighted by Crippen LogP contribution is 2.42. The Morgan fingerprint density at radius 3 is 2.76 bits per heavy atom. The van der Waals surface area contributed by atoms with Crippen LogP contribution in [-0.4, -0.2) is 18.8 Å². The van der Waals surface area contributed by atoms with Crippen LogP contribution >= 0.6 is 11.6 Å². The molecule has 0 saturated heterocycles. The third kappa shape index (κ3) is 4.04. The molecule has 118 valence electrons. The van der Waals surface area contributed by atoms with Gasteiger partial charge >= 0.3 is 6.18 Å². The molecule has 0 radical (unpaired) electrons. The van der Waals surface area contributed by atoms with Gasteiger partial charge in [0.05, 0.1) is 13.0 Å². The van der Waals surface area contributed by atoms with Gasteiger partial charge in [-0.15, -0.1) is 0 Å². The summed E-state index contributed by atoms with van der Waals surface area (Å²) in [6.45, 7) is 0. The molecule has 1 saturated carbocycles. The fourth-order valence-electron chi connectivity index (χ4n) is 3.10. The lowest BCUT2D eigenvalue weighted by molar-refractivity contribution is -0.187. The van der Waals surface area contributed by atoms with Crippen LogP contribution in [0.5, 0.6) is 5.75 Å². The van der Waals surface area contributed by atoms with E-state index < -0.39 is 17.6 Å². The van der Waals surface area contributed by atoms with E-state index in [1.54, 1.807) is 18.2 Å². The number of hydrogen-bond donors (Lipinski definition) is 1. The Balaban J connectivity index is 2.19. The van der Waals surface area contributed by atoms with Crippen LogP contribution in [0.3, 0.4) is 0 Å². The maximum absolute atomic E-state index is 12.9. The summed E-state index contributed by atoms with van der Waals surface area (Å²) in [5.41, 5.74) is 6.15. The first-order valence-electron chi connectivity index (χ1n) is 6.91. The standard InChI is InChI=1S/C15H19ClF3NO/c1-21-13-5-4-12(16)7-10(13)8-14(20)6-2-3-11(9-14)15(17,18)19/h4-5,7,11H,2-3,6,8-9,20H2,1H3. The average Bonchev–Trinajstić information content (AvgIpc) is 2.37. The van der Waals surface area contributed by atoms with Crippen molar-refractivity contribution in [1.29, 1.82) is 0 Å². The van der Waals surface area contributed by atoms with Gasteiger partial charge in [0.1, 0.15) is 5.75 Å². The van der Waals surface area contributed by atoms with E-state index in [-0.39, 0.29) is 12.8 Å². The fourth-order valence-corrected chi connectivity index (χ4v) is 3.29. The Hall–Kier alpha value is -0.940. The summed E-state index contributed by atoms with van der Waals surface area (Å²) in [5, 5.41) is 0.526. The van der Waals surface area contributed by atoms with Crippen molar-refractivity contribution in [2.45, 2.75) is 43.8 Å². The van der Waals surface area contributed by atoms with Crippen LogP contribution in [0.25, 0.3) is 0 Å². The van der Waals surface area contributed by atoms with Crippen molar-refractivity contribution in [2.24, 2.45) is 11.7 Å². The minimum absolute atomic E-state index is 0.0494. The molecule has 2 rings (SSSR count). The predicted octanol–water partition coefficient (Wildman–Crippen LogP) is 4.34. The van der Waals surface area contributed by atoms with Crippen molar-refractivity contribution in [3.05, 3.63) is 28.8 Å². The summed E-state index contributed by atoms with van der Waals surface area (Å²) in [6, 6.07) is 5.11. The maximum Gasteiger partial charge on any atom is 0.391 e. The lowest BCUT2D eigenvalue weighted by atomic mass is 9.73. The number of nitrogens with two attached hydrogens (primary N) is 1. The molecule has 0 spiro atoms. The summed E-state index contributed by atoms with van der Waals surface area (Å²) < 4.78 is 44.0. The van der Waals surface area contributed by atoms with Crippen molar-refractivity contribution >= 4 is 11.6 Å². The number of benzene rings is 1. The van der Waals surface area contributed by atoms with Gasteiger partial charge < -0.3 is 10.5 Å². The van der Waals surface area contributed by atoms with Crippen LogP contribution in [-0.2, 0) is 6.42 Å². The molecule has 21 heavy (non-hydrogen) atoms. The van der Waals surface area contributed by atoms with Gasteiger partial charge in [-0.2, -0.15) is 13.2 Å². The molecular weight excluding hydrogens is 303 g/mol. The van der Waals surface area contributed by atoms with Gasteiger partial charge in [-0.3, -0.25) is 0 Å². The topological polar surface area (TPSA) is 35.2 Å². The molecule has 1 aliphatic carbocycles. The highest BCUT2D eigenvalue weighted by molar-refractivity contribution is 6.30. The van der Waals surface area contributed by atoms with Gasteiger partial charge in [0.15, 0.2) is 0 Å². The molecule has 1 aromatic carbocycles. The fraction of sp³-hybridized carbons (Fsp3) is 0.600. The zero-order valence-electron chi connectivity index (χ0n) is 11.8. The quantitative estimate of drug-likeness (QED) is 0.898. The van der Waals surface area contributed by atoms with E-state index in [9.17, 15) is 13.2 Å². The van der Waals surface area contributed by atoms with E-state index in [1.165, 1.54) is 7.11 Å². The molecule has 1 aromatic rings. The van der Waals surface area contributed by atoms with E-state index in [0.29, 0.717) is 30.0 Å². The summed E-state index contributed by atoms with van der Waals surface area (Å²) in [5.74, 6) is -0.709. The Bertz CT molecular complexity index is 506. The van der Waals surface area contributed by atoms with Crippen LogP contribution in [0.2, 0.25) is 5.02 Å². The summed E-state index contributed by atoms with van der Waals surface area (Å²) in [6.07, 6.45) is -2.66. The second-order valence-corrected chi connectivity index (χ2v) is 6.27. The molecular formula is C15H19ClF3NO. The molecule has 0 amide bonds. The second-order valence-electron chi connectivity index (χ2n) is 5.83. The van der Waals surface area contributed by atoms with E-state index in [0.717, 1.165) is 5.56 Å². The van der Waals surface area contributed by atoms with E-state index >= 15 is 0 Å². The van der Waals surface area contributed by atoms with Crippen molar-refractivity contribution < 1.29 is 17.9 Å². The SMILES string of the molecule is COc1ccc(Cl)cc1CC1(N)CCCC(C(F)(F)F)C1. The average molecular weight is 322 g/mol. The first-order chi connectivity index (χ1) is 9.73. The Morgan fingerprint density at radius 1 is 1.43 bits per heavy atom. The highest BCUT2D eigenvalue weighted by atomic mass is 35.5. The van der Waals surface area contributed by atoms with Gasteiger partial charge in [0.25, 0.3) is 0 Å². The predicted molar refractivity (Wildman–Crippen MR) is 76.6 cm³/mol. The number of rotatable bonds is 3. The summed E-state index contributed by atoms with van der Waals surface area (Å²) in [7, 11) is 1.52. The molecule has 2 atom stereocenters. The van der Waals surface area contributed by atoms with Gasteiger partial charge in [0, 0.05) is 10.6 Å². The van der Waals surface area contributed by atoms with Crippen molar-refractivity contribution in [3.8, 4) is 5.75 Å². The molecule has 2 nitrogen and oxygen atoms in total. The molecule has 2 unspecified atom stereocenters. The maximum atomic E-state index is 12.9. The largest absolute Gasteiger partial charge is 0.496 e. The first-order valence-corrected chi connectivity index (χ1v) is 7.29. The first kappa shape index (κ1) is 16.4. The molecule has 0 aliphatic heterocycles. The molecule has 0 heterocycles. The number of ether oxygens (including phenoxy) is 1. The molecule has 1 fully saturated rings. The van der Waals surface area contributed by atoms with Crippen molar-refractivity contribution in [1.82, 2.24) is 0 Å². The van der Waals surface area contributed by atoms with Gasteiger partial charge in [-0.25, -0.2) is 0 Å². The summed E-state index contributed by atoms with van der Waals surface area (Å²) >= 11 is 5.96. The number of hydrogen-bond acceptors (Lipinski definition) is 2. The van der Waals surface area contributed by atoms with Crippen LogP contribution in [0.15, 0.2) is 18.2 Å². The Morgan fingerprint density at radius 2 is 2.14 bits per heavy atom. The molecule has 1 aliphatic rings. The third-order valence-corrected chi connectivity index (χ3v) is 4.36. The minimum atomic E-state index is -4.18. The zero-order chi connectivity index (χ0) is 15.7. The highest BCUT2D eigenvalue weighted by Gasteiger charge is 2.46. The normalized spacial score (nSPS) is 26.7. The molecule has 2 N–H and O–H groups in total. The molecule has 0 bridgehead atoms. The van der Waals surface area contributed by atoms with Crippen molar-refractivity contribution in [2.75, 3.05) is 7.11 Å². The Kier molecular flexibility index (Phi) is 4.73. The smallest absolute Gasteiger partial charge is 0.391 e. The number of methoxy groups -OCH3 is 1. The molecule has 6 heteroatoms. The monoisotopic (exact) mass is 321 g/mol. The van der Waals surface area contributed by atoms with Gasteiger partial charge in [-0.05, 0) is 49.4 Å². The van der Waals surface area contributed by atoms with Crippen LogP contribution in [0.1, 0.15) is 31.2 Å².